The van der Waals surface area contributed by atoms with Gasteiger partial charge >= 0.3 is 0 Å². The number of carbonyl (C=O) groups excluding carboxylic acids is 3. The molecule has 4 aliphatic rings. The van der Waals surface area contributed by atoms with Gasteiger partial charge in [0.1, 0.15) is 11.8 Å². The Morgan fingerprint density at radius 2 is 1.95 bits per heavy atom. The molecule has 9 heteroatoms. The number of aromatic nitrogens is 2. The van der Waals surface area contributed by atoms with Gasteiger partial charge in [-0.1, -0.05) is 18.2 Å². The van der Waals surface area contributed by atoms with E-state index in [-0.39, 0.29) is 29.6 Å². The predicted molar refractivity (Wildman–Crippen MR) is 143 cm³/mol. The zero-order valence-corrected chi connectivity index (χ0v) is 22.0. The van der Waals surface area contributed by atoms with Gasteiger partial charge in [-0.3, -0.25) is 29.3 Å². The van der Waals surface area contributed by atoms with E-state index in [9.17, 15) is 14.4 Å². The van der Waals surface area contributed by atoms with Crippen LogP contribution in [0.15, 0.2) is 48.8 Å². The van der Waals surface area contributed by atoms with Crippen LogP contribution in [0.25, 0.3) is 11.1 Å². The van der Waals surface area contributed by atoms with Crippen LogP contribution >= 0.6 is 0 Å². The third-order valence-corrected chi connectivity index (χ3v) is 8.88. The number of nitrogens with zero attached hydrogens (tertiary/aromatic N) is 4. The summed E-state index contributed by atoms with van der Waals surface area (Å²) < 4.78 is 8.01. The molecule has 1 atom stereocenters. The molecule has 0 bridgehead atoms. The molecule has 200 valence electrons. The van der Waals surface area contributed by atoms with E-state index < -0.39 is 6.04 Å². The molecule has 0 radical (unpaired) electrons. The number of ether oxygens (including phenoxy) is 1. The van der Waals surface area contributed by atoms with Gasteiger partial charge in [-0.2, -0.15) is 5.10 Å². The molecule has 4 aliphatic heterocycles. The van der Waals surface area contributed by atoms with Crippen molar-refractivity contribution in [3.63, 3.8) is 0 Å². The molecule has 2 aromatic carbocycles. The average molecular weight is 526 g/mol. The van der Waals surface area contributed by atoms with Gasteiger partial charge in [0.05, 0.1) is 12.8 Å². The predicted octanol–water partition coefficient (Wildman–Crippen LogP) is 2.77. The first-order chi connectivity index (χ1) is 18.9. The van der Waals surface area contributed by atoms with Crippen molar-refractivity contribution in [1.29, 1.82) is 0 Å². The summed E-state index contributed by atoms with van der Waals surface area (Å²) in [6.45, 7) is 3.87. The summed E-state index contributed by atoms with van der Waals surface area (Å²) in [7, 11) is 1.93. The number of rotatable bonds is 4. The molecular weight excluding hydrogens is 494 g/mol. The summed E-state index contributed by atoms with van der Waals surface area (Å²) in [6, 6.07) is 12.1. The lowest BCUT2D eigenvalue weighted by molar-refractivity contribution is -0.136. The quantitative estimate of drug-likeness (QED) is 0.527. The van der Waals surface area contributed by atoms with Gasteiger partial charge in [0.15, 0.2) is 0 Å². The molecule has 1 spiro atoms. The maximum Gasteiger partial charge on any atom is 0.255 e. The van der Waals surface area contributed by atoms with Crippen molar-refractivity contribution in [1.82, 2.24) is 24.9 Å². The Kier molecular flexibility index (Phi) is 5.59. The molecule has 39 heavy (non-hydrogen) atoms. The van der Waals surface area contributed by atoms with Crippen molar-refractivity contribution in [2.45, 2.75) is 50.2 Å². The van der Waals surface area contributed by atoms with Crippen LogP contribution in [0.3, 0.4) is 0 Å². The van der Waals surface area contributed by atoms with Crippen molar-refractivity contribution in [2.75, 3.05) is 19.7 Å². The molecule has 9 nitrogen and oxygen atoms in total. The van der Waals surface area contributed by atoms with E-state index in [2.05, 4.69) is 45.6 Å². The molecule has 0 saturated carbocycles. The lowest BCUT2D eigenvalue weighted by Crippen LogP contribution is -2.52. The number of amides is 3. The van der Waals surface area contributed by atoms with Crippen LogP contribution in [0, 0.1) is 0 Å². The molecule has 0 aliphatic carbocycles. The van der Waals surface area contributed by atoms with E-state index >= 15 is 0 Å². The van der Waals surface area contributed by atoms with Crippen LogP contribution < -0.4 is 10.1 Å². The van der Waals surface area contributed by atoms with E-state index in [0.717, 1.165) is 49.4 Å². The lowest BCUT2D eigenvalue weighted by Gasteiger charge is -2.38. The van der Waals surface area contributed by atoms with Gasteiger partial charge in [-0.15, -0.1) is 0 Å². The van der Waals surface area contributed by atoms with Crippen LogP contribution in [0.4, 0.5) is 0 Å². The second-order valence-electron chi connectivity index (χ2n) is 11.4. The molecule has 1 N–H and O–H groups in total. The SMILES string of the molecule is Cn1cc(-c2cccc(CN3CCC4(CC3)COc3cc5c(cc34)CN(C3CCC(=O)NC3=O)C5=O)c2)cn1. The highest BCUT2D eigenvalue weighted by Gasteiger charge is 2.46. The normalized spacial score (nSPS) is 22.1. The molecule has 5 heterocycles. The number of likely N-dealkylation sites (tertiary alicyclic amines) is 1. The fourth-order valence-electron chi connectivity index (χ4n) is 6.65. The van der Waals surface area contributed by atoms with Crippen LogP contribution in [0.5, 0.6) is 5.75 Å². The first-order valence-corrected chi connectivity index (χ1v) is 13.6. The van der Waals surface area contributed by atoms with Crippen LogP contribution in [-0.4, -0.2) is 63.0 Å². The number of hydrogen-bond donors (Lipinski definition) is 1. The maximum absolute atomic E-state index is 13.2. The number of nitrogens with one attached hydrogen (secondary N) is 1. The molecule has 2 saturated heterocycles. The fraction of sp³-hybridized carbons (Fsp3) is 0.400. The second-order valence-corrected chi connectivity index (χ2v) is 11.4. The van der Waals surface area contributed by atoms with Crippen molar-refractivity contribution < 1.29 is 19.1 Å². The van der Waals surface area contributed by atoms with Gasteiger partial charge in [-0.05, 0) is 67.2 Å². The minimum absolute atomic E-state index is 0.0521. The smallest absolute Gasteiger partial charge is 0.255 e. The van der Waals surface area contributed by atoms with Crippen molar-refractivity contribution in [3.05, 3.63) is 71.0 Å². The summed E-state index contributed by atoms with van der Waals surface area (Å²) in [5, 5.41) is 6.67. The summed E-state index contributed by atoms with van der Waals surface area (Å²) in [5.41, 5.74) is 6.30. The Morgan fingerprint density at radius 3 is 2.72 bits per heavy atom. The Morgan fingerprint density at radius 1 is 1.10 bits per heavy atom. The molecule has 1 aromatic heterocycles. The Labute approximate surface area is 226 Å². The number of carbonyl (C=O) groups is 3. The molecule has 3 aromatic rings. The molecule has 1 unspecified atom stereocenters. The molecule has 2 fully saturated rings. The van der Waals surface area contributed by atoms with E-state index in [1.165, 1.54) is 16.7 Å². The lowest BCUT2D eigenvalue weighted by atomic mass is 9.74. The third kappa shape index (κ3) is 4.12. The minimum atomic E-state index is -0.604. The zero-order chi connectivity index (χ0) is 26.7. The third-order valence-electron chi connectivity index (χ3n) is 8.88. The van der Waals surface area contributed by atoms with Crippen molar-refractivity contribution >= 4 is 17.7 Å². The summed E-state index contributed by atoms with van der Waals surface area (Å²) in [4.78, 5) is 41.3. The first-order valence-electron chi connectivity index (χ1n) is 13.6. The summed E-state index contributed by atoms with van der Waals surface area (Å²) >= 11 is 0. The van der Waals surface area contributed by atoms with E-state index in [1.807, 2.05) is 30.2 Å². The number of piperidine rings is 2. The van der Waals surface area contributed by atoms with Gasteiger partial charge < -0.3 is 9.64 Å². The van der Waals surface area contributed by atoms with Crippen LogP contribution in [0.1, 0.15) is 52.7 Å². The summed E-state index contributed by atoms with van der Waals surface area (Å²) in [6.07, 6.45) is 6.54. The highest BCUT2D eigenvalue weighted by Crippen LogP contribution is 2.48. The maximum atomic E-state index is 13.2. The molecule has 7 rings (SSSR count). The van der Waals surface area contributed by atoms with Crippen molar-refractivity contribution in [2.24, 2.45) is 7.05 Å². The Hall–Kier alpha value is -3.98. The van der Waals surface area contributed by atoms with E-state index in [1.54, 1.807) is 4.90 Å². The van der Waals surface area contributed by atoms with E-state index in [4.69, 9.17) is 4.74 Å². The Balaban J connectivity index is 1.05. The first kappa shape index (κ1) is 24.1. The zero-order valence-electron chi connectivity index (χ0n) is 22.0. The number of aryl methyl sites for hydroxylation is 1. The average Bonchev–Trinajstić information content (AvgIpc) is 3.61. The van der Waals surface area contributed by atoms with E-state index in [0.29, 0.717) is 25.1 Å². The highest BCUT2D eigenvalue weighted by molar-refractivity contribution is 6.05. The standard InChI is InChI=1S/C30H31N5O4/c1-33-16-22(14-31-33)20-4-2-3-19(11-20)15-34-9-7-30(8-10-34)18-39-26-13-23-21(12-24(26)30)17-35(29(23)38)25-5-6-27(36)32-28(25)37/h2-4,11-14,16,25H,5-10,15,17-18H2,1H3,(H,32,36,37). The van der Waals surface area contributed by atoms with Crippen molar-refractivity contribution in [3.8, 4) is 16.9 Å². The number of imide groups is 1. The van der Waals surface area contributed by atoms with Gasteiger partial charge in [0.25, 0.3) is 5.91 Å². The fourth-order valence-corrected chi connectivity index (χ4v) is 6.65. The second kappa shape index (κ2) is 9.05. The minimum Gasteiger partial charge on any atom is -0.492 e. The highest BCUT2D eigenvalue weighted by atomic mass is 16.5. The number of fused-ring (bicyclic) bond motifs is 3. The van der Waals surface area contributed by atoms with Gasteiger partial charge in [0.2, 0.25) is 11.8 Å². The van der Waals surface area contributed by atoms with Crippen LogP contribution in [0.2, 0.25) is 0 Å². The monoisotopic (exact) mass is 525 g/mol. The number of hydrogen-bond acceptors (Lipinski definition) is 6. The topological polar surface area (TPSA) is 96.8 Å². The van der Waals surface area contributed by atoms with Crippen LogP contribution in [-0.2, 0) is 35.1 Å². The molecule has 3 amide bonds. The molecular formula is C30H31N5O4. The van der Waals surface area contributed by atoms with Gasteiger partial charge in [-0.25, -0.2) is 0 Å². The largest absolute Gasteiger partial charge is 0.492 e. The Bertz CT molecular complexity index is 1500. The summed E-state index contributed by atoms with van der Waals surface area (Å²) in [5.74, 6) is -0.0201. The van der Waals surface area contributed by atoms with Gasteiger partial charge in [0, 0.05) is 54.9 Å². The number of benzene rings is 2.